The zero-order valence-corrected chi connectivity index (χ0v) is 15.1. The highest BCUT2D eigenvalue weighted by molar-refractivity contribution is 5.91. The van der Waals surface area contributed by atoms with E-state index in [2.05, 4.69) is 12.2 Å². The lowest BCUT2D eigenvalue weighted by Gasteiger charge is -2.57. The van der Waals surface area contributed by atoms with Crippen LogP contribution in [0.15, 0.2) is 36.4 Å². The minimum absolute atomic E-state index is 0.0511. The summed E-state index contributed by atoms with van der Waals surface area (Å²) in [5, 5.41) is 2.98. The zero-order valence-electron chi connectivity index (χ0n) is 15.1. The van der Waals surface area contributed by atoms with Crippen LogP contribution in [0.2, 0.25) is 0 Å². The third-order valence-electron chi connectivity index (χ3n) is 6.22. The lowest BCUT2D eigenvalue weighted by molar-refractivity contribution is -0.183. The van der Waals surface area contributed by atoms with E-state index in [1.54, 1.807) is 6.08 Å². The molecule has 3 nitrogen and oxygen atoms in total. The topological polar surface area (TPSA) is 38.3 Å². The van der Waals surface area contributed by atoms with E-state index in [-0.39, 0.29) is 17.6 Å². The van der Waals surface area contributed by atoms with Gasteiger partial charge in [0.05, 0.1) is 11.7 Å². The van der Waals surface area contributed by atoms with Gasteiger partial charge in [-0.15, -0.1) is 0 Å². The van der Waals surface area contributed by atoms with Crippen molar-refractivity contribution in [3.8, 4) is 0 Å². The number of ether oxygens (including phenoxy) is 1. The maximum Gasteiger partial charge on any atom is 0.244 e. The van der Waals surface area contributed by atoms with Crippen molar-refractivity contribution in [3.05, 3.63) is 42.0 Å². The summed E-state index contributed by atoms with van der Waals surface area (Å²) >= 11 is 0. The largest absolute Gasteiger partial charge is 0.370 e. The summed E-state index contributed by atoms with van der Waals surface area (Å²) in [7, 11) is 0. The van der Waals surface area contributed by atoms with Gasteiger partial charge in [-0.1, -0.05) is 30.3 Å². The van der Waals surface area contributed by atoms with Crippen molar-refractivity contribution in [2.75, 3.05) is 6.54 Å². The van der Waals surface area contributed by atoms with Crippen LogP contribution in [0, 0.1) is 17.8 Å². The lowest BCUT2D eigenvalue weighted by atomic mass is 9.54. The van der Waals surface area contributed by atoms with Crippen molar-refractivity contribution in [3.63, 3.8) is 0 Å². The van der Waals surface area contributed by atoms with E-state index in [1.165, 1.54) is 38.5 Å². The second-order valence-electron chi connectivity index (χ2n) is 8.52. The average Bonchev–Trinajstić information content (AvgIpc) is 2.57. The summed E-state index contributed by atoms with van der Waals surface area (Å²) in [4.78, 5) is 12.0. The second-order valence-corrected chi connectivity index (χ2v) is 8.52. The molecule has 4 aliphatic carbocycles. The fourth-order valence-corrected chi connectivity index (χ4v) is 5.68. The molecular weight excluding hydrogens is 310 g/mol. The number of rotatable bonds is 6. The molecule has 1 aromatic carbocycles. The first-order chi connectivity index (χ1) is 12.1. The van der Waals surface area contributed by atoms with Crippen molar-refractivity contribution in [1.82, 2.24) is 5.32 Å². The molecule has 0 saturated heterocycles. The van der Waals surface area contributed by atoms with Gasteiger partial charge in [0.2, 0.25) is 5.91 Å². The van der Waals surface area contributed by atoms with Crippen molar-refractivity contribution in [2.45, 2.75) is 57.2 Å². The molecule has 0 aromatic heterocycles. The van der Waals surface area contributed by atoms with E-state index in [9.17, 15) is 4.79 Å². The Morgan fingerprint density at radius 2 is 1.76 bits per heavy atom. The van der Waals surface area contributed by atoms with Crippen molar-refractivity contribution in [1.29, 1.82) is 0 Å². The number of carbonyl (C=O) groups excluding carboxylic acids is 1. The quantitative estimate of drug-likeness (QED) is 0.789. The van der Waals surface area contributed by atoms with Gasteiger partial charge in [0.1, 0.15) is 0 Å². The molecule has 25 heavy (non-hydrogen) atoms. The van der Waals surface area contributed by atoms with Gasteiger partial charge in [-0.05, 0) is 74.8 Å². The summed E-state index contributed by atoms with van der Waals surface area (Å²) < 4.78 is 6.52. The monoisotopic (exact) mass is 339 g/mol. The van der Waals surface area contributed by atoms with Crippen molar-refractivity contribution >= 4 is 12.0 Å². The molecule has 1 N–H and O–H groups in total. The van der Waals surface area contributed by atoms with E-state index in [4.69, 9.17) is 4.74 Å². The van der Waals surface area contributed by atoms with Crippen LogP contribution in [0.5, 0.6) is 0 Å². The first kappa shape index (κ1) is 16.8. The van der Waals surface area contributed by atoms with E-state index in [0.717, 1.165) is 23.3 Å². The standard InChI is InChI=1S/C22H29NO2/c1-16(15-23-21(24)8-7-17-5-3-2-4-6-17)25-22-12-18-9-19(13-22)11-20(10-18)14-22/h2-8,16,18-20H,9-15H2,1H3,(H,23,24)/b8-7+/t16-,18?,19?,20?,22?/m1/s1. The van der Waals surface area contributed by atoms with Crippen LogP contribution in [-0.2, 0) is 9.53 Å². The van der Waals surface area contributed by atoms with Crippen LogP contribution in [0.3, 0.4) is 0 Å². The van der Waals surface area contributed by atoms with Crippen LogP contribution in [0.4, 0.5) is 0 Å². The first-order valence-corrected chi connectivity index (χ1v) is 9.79. The van der Waals surface area contributed by atoms with Gasteiger partial charge in [-0.25, -0.2) is 0 Å². The molecule has 1 amide bonds. The summed E-state index contributed by atoms with van der Waals surface area (Å²) in [5.74, 6) is 2.62. The number of amides is 1. The van der Waals surface area contributed by atoms with Gasteiger partial charge in [0.25, 0.3) is 0 Å². The molecule has 0 aliphatic heterocycles. The predicted molar refractivity (Wildman–Crippen MR) is 99.9 cm³/mol. The highest BCUT2D eigenvalue weighted by Crippen LogP contribution is 2.57. The van der Waals surface area contributed by atoms with Crippen LogP contribution in [0.25, 0.3) is 6.08 Å². The fraction of sp³-hybridized carbons (Fsp3) is 0.591. The Morgan fingerprint density at radius 3 is 2.36 bits per heavy atom. The second kappa shape index (κ2) is 6.95. The predicted octanol–water partition coefficient (Wildman–Crippen LogP) is 4.19. The van der Waals surface area contributed by atoms with E-state index >= 15 is 0 Å². The highest BCUT2D eigenvalue weighted by Gasteiger charge is 2.52. The summed E-state index contributed by atoms with van der Waals surface area (Å²) in [5.41, 5.74) is 1.15. The van der Waals surface area contributed by atoms with Gasteiger partial charge in [-0.3, -0.25) is 4.79 Å². The molecule has 1 atom stereocenters. The molecule has 0 spiro atoms. The normalized spacial score (nSPS) is 34.4. The fourth-order valence-electron chi connectivity index (χ4n) is 5.68. The molecular formula is C22H29NO2. The van der Waals surface area contributed by atoms with Gasteiger partial charge in [-0.2, -0.15) is 0 Å². The van der Waals surface area contributed by atoms with Crippen LogP contribution < -0.4 is 5.32 Å². The maximum absolute atomic E-state index is 12.0. The molecule has 4 bridgehead atoms. The molecule has 4 saturated carbocycles. The minimum atomic E-state index is -0.0511. The molecule has 3 heteroatoms. The first-order valence-electron chi connectivity index (χ1n) is 9.79. The number of benzene rings is 1. The lowest BCUT2D eigenvalue weighted by Crippen LogP contribution is -2.53. The third kappa shape index (κ3) is 3.98. The summed E-state index contributed by atoms with van der Waals surface area (Å²) in [6, 6.07) is 9.89. The van der Waals surface area contributed by atoms with Crippen molar-refractivity contribution in [2.24, 2.45) is 17.8 Å². The molecule has 134 valence electrons. The van der Waals surface area contributed by atoms with Crippen LogP contribution in [0.1, 0.15) is 51.0 Å². The summed E-state index contributed by atoms with van der Waals surface area (Å²) in [6.07, 6.45) is 11.5. The molecule has 4 aliphatic rings. The number of hydrogen-bond donors (Lipinski definition) is 1. The van der Waals surface area contributed by atoms with Gasteiger partial charge in [0, 0.05) is 12.6 Å². The molecule has 0 heterocycles. The SMILES string of the molecule is C[C@H](CNC(=O)/C=C/c1ccccc1)OC12CC3CC(CC(C3)C1)C2. The Bertz CT molecular complexity index is 601. The van der Waals surface area contributed by atoms with Crippen LogP contribution in [-0.4, -0.2) is 24.2 Å². The Balaban J connectivity index is 1.26. The smallest absolute Gasteiger partial charge is 0.244 e. The molecule has 5 rings (SSSR count). The minimum Gasteiger partial charge on any atom is -0.370 e. The molecule has 0 unspecified atom stereocenters. The Hall–Kier alpha value is -1.61. The number of carbonyl (C=O) groups is 1. The van der Waals surface area contributed by atoms with Crippen LogP contribution >= 0.6 is 0 Å². The van der Waals surface area contributed by atoms with Gasteiger partial charge >= 0.3 is 0 Å². The highest BCUT2D eigenvalue weighted by atomic mass is 16.5. The Labute approximate surface area is 150 Å². The number of hydrogen-bond acceptors (Lipinski definition) is 2. The number of nitrogens with one attached hydrogen (secondary N) is 1. The summed E-state index contributed by atoms with van der Waals surface area (Å²) in [6.45, 7) is 2.68. The van der Waals surface area contributed by atoms with E-state index in [1.807, 2.05) is 36.4 Å². The molecule has 0 radical (unpaired) electrons. The molecule has 1 aromatic rings. The average molecular weight is 339 g/mol. The Morgan fingerprint density at radius 1 is 1.16 bits per heavy atom. The van der Waals surface area contributed by atoms with E-state index < -0.39 is 0 Å². The molecule has 4 fully saturated rings. The third-order valence-corrected chi connectivity index (χ3v) is 6.22. The Kier molecular flexibility index (Phi) is 4.68. The van der Waals surface area contributed by atoms with E-state index in [0.29, 0.717) is 6.54 Å². The maximum atomic E-state index is 12.0. The van der Waals surface area contributed by atoms with Gasteiger partial charge in [0.15, 0.2) is 0 Å². The van der Waals surface area contributed by atoms with Crippen molar-refractivity contribution < 1.29 is 9.53 Å². The zero-order chi connectivity index (χ0) is 17.3. The van der Waals surface area contributed by atoms with Gasteiger partial charge < -0.3 is 10.1 Å².